The van der Waals surface area contributed by atoms with Gasteiger partial charge in [-0.3, -0.25) is 4.79 Å². The number of amides is 1. The summed E-state index contributed by atoms with van der Waals surface area (Å²) in [5, 5.41) is 1.93. The van der Waals surface area contributed by atoms with Gasteiger partial charge in [0.15, 0.2) is 6.54 Å². The van der Waals surface area contributed by atoms with E-state index in [1.807, 2.05) is 35.2 Å². The van der Waals surface area contributed by atoms with E-state index < -0.39 is 0 Å². The molecule has 1 aliphatic rings. The molecule has 2 aromatic carbocycles. The molecule has 2 heterocycles. The Balaban J connectivity index is 1.38. The van der Waals surface area contributed by atoms with Crippen LogP contribution in [0.25, 0.3) is 10.2 Å². The van der Waals surface area contributed by atoms with E-state index in [0.717, 1.165) is 58.5 Å². The van der Waals surface area contributed by atoms with Crippen molar-refractivity contribution >= 4 is 39.1 Å². The van der Waals surface area contributed by atoms with E-state index in [-0.39, 0.29) is 5.91 Å². The topological polar surface area (TPSA) is 37.6 Å². The summed E-state index contributed by atoms with van der Waals surface area (Å²) < 4.78 is 1.23. The molecular formula is C22H25ClN3OS+. The highest BCUT2D eigenvalue weighted by Crippen LogP contribution is 2.32. The summed E-state index contributed by atoms with van der Waals surface area (Å²) in [6, 6.07) is 16.1. The maximum atomic E-state index is 12.9. The number of piperidine rings is 1. The highest BCUT2D eigenvalue weighted by Gasteiger charge is 2.28. The quantitative estimate of drug-likeness (QED) is 0.695. The van der Waals surface area contributed by atoms with E-state index >= 15 is 0 Å². The minimum absolute atomic E-state index is 0.218. The number of likely N-dealkylation sites (tertiary alicyclic amines) is 1. The lowest BCUT2D eigenvalue weighted by Gasteiger charge is -2.32. The van der Waals surface area contributed by atoms with Crippen molar-refractivity contribution in [2.45, 2.75) is 25.3 Å². The van der Waals surface area contributed by atoms with Crippen LogP contribution in [0.1, 0.15) is 29.3 Å². The molecule has 1 unspecified atom stereocenters. The largest absolute Gasteiger partial charge is 0.337 e. The van der Waals surface area contributed by atoms with Crippen LogP contribution in [-0.4, -0.2) is 42.5 Å². The number of para-hydroxylation sites is 1. The second-order valence-corrected chi connectivity index (χ2v) is 9.07. The Morgan fingerprint density at radius 1 is 1.25 bits per heavy atom. The van der Waals surface area contributed by atoms with Crippen LogP contribution in [0, 0.1) is 0 Å². The molecule has 0 spiro atoms. The molecule has 1 aromatic heterocycles. The number of nitrogens with one attached hydrogen (secondary N) is 1. The number of quaternary nitrogens is 1. The Morgan fingerprint density at radius 2 is 2.04 bits per heavy atom. The van der Waals surface area contributed by atoms with Crippen molar-refractivity contribution in [1.82, 2.24) is 9.88 Å². The Labute approximate surface area is 174 Å². The fraction of sp³-hybridized carbons (Fsp3) is 0.364. The minimum Gasteiger partial charge on any atom is -0.337 e. The van der Waals surface area contributed by atoms with E-state index in [2.05, 4.69) is 25.2 Å². The predicted molar refractivity (Wildman–Crippen MR) is 115 cm³/mol. The van der Waals surface area contributed by atoms with Crippen molar-refractivity contribution in [3.63, 3.8) is 0 Å². The number of hydrogen-bond acceptors (Lipinski definition) is 3. The number of rotatable bonds is 5. The standard InChI is InChI=1S/C22H24ClN3OS/c1-25(13-16-7-2-3-9-18(16)23)15-21(27)26-12-6-8-17(14-26)22-24-19-10-4-5-11-20(19)28-22/h2-5,7,9-11,17H,6,8,12-15H2,1H3/p+1/t17-/m0/s1. The third-order valence-corrected chi connectivity index (χ3v) is 6.90. The maximum Gasteiger partial charge on any atom is 0.277 e. The average Bonchev–Trinajstić information content (AvgIpc) is 3.14. The molecular weight excluding hydrogens is 390 g/mol. The van der Waals surface area contributed by atoms with Gasteiger partial charge in [0.25, 0.3) is 5.91 Å². The monoisotopic (exact) mass is 414 g/mol. The van der Waals surface area contributed by atoms with Crippen LogP contribution >= 0.6 is 22.9 Å². The lowest BCUT2D eigenvalue weighted by Crippen LogP contribution is -3.09. The predicted octanol–water partition coefficient (Wildman–Crippen LogP) is 3.37. The summed E-state index contributed by atoms with van der Waals surface area (Å²) in [6.07, 6.45) is 2.14. The molecule has 0 bridgehead atoms. The number of carbonyl (C=O) groups excluding carboxylic acids is 1. The van der Waals surface area contributed by atoms with E-state index in [1.54, 1.807) is 11.3 Å². The molecule has 1 N–H and O–H groups in total. The van der Waals surface area contributed by atoms with Gasteiger partial charge in [-0.25, -0.2) is 4.98 Å². The van der Waals surface area contributed by atoms with Crippen molar-refractivity contribution in [3.8, 4) is 0 Å². The number of carbonyl (C=O) groups is 1. The van der Waals surface area contributed by atoms with Gasteiger partial charge in [-0.05, 0) is 31.0 Å². The molecule has 1 amide bonds. The minimum atomic E-state index is 0.218. The zero-order valence-electron chi connectivity index (χ0n) is 16.0. The van der Waals surface area contributed by atoms with Gasteiger partial charge in [0.1, 0.15) is 6.54 Å². The third-order valence-electron chi connectivity index (χ3n) is 5.34. The molecule has 6 heteroatoms. The van der Waals surface area contributed by atoms with Crippen LogP contribution in [0.3, 0.4) is 0 Å². The Kier molecular flexibility index (Phi) is 5.95. The van der Waals surface area contributed by atoms with Gasteiger partial charge in [0.05, 0.1) is 22.3 Å². The summed E-state index contributed by atoms with van der Waals surface area (Å²) in [4.78, 5) is 20.9. The number of fused-ring (bicyclic) bond motifs is 1. The Bertz CT molecular complexity index is 940. The summed E-state index contributed by atoms with van der Waals surface area (Å²) in [5.41, 5.74) is 2.15. The third kappa shape index (κ3) is 4.37. The van der Waals surface area contributed by atoms with Gasteiger partial charge in [0, 0.05) is 29.6 Å². The van der Waals surface area contributed by atoms with Crippen LogP contribution in [-0.2, 0) is 11.3 Å². The first-order chi connectivity index (χ1) is 13.6. The zero-order chi connectivity index (χ0) is 19.5. The normalized spacial score (nSPS) is 18.4. The van der Waals surface area contributed by atoms with Crippen LogP contribution in [0.2, 0.25) is 5.02 Å². The average molecular weight is 415 g/mol. The van der Waals surface area contributed by atoms with E-state index in [0.29, 0.717) is 12.5 Å². The van der Waals surface area contributed by atoms with E-state index in [1.165, 1.54) is 4.70 Å². The highest BCUT2D eigenvalue weighted by molar-refractivity contribution is 7.18. The van der Waals surface area contributed by atoms with Gasteiger partial charge in [-0.15, -0.1) is 11.3 Å². The molecule has 1 saturated heterocycles. The number of benzene rings is 2. The summed E-state index contributed by atoms with van der Waals surface area (Å²) in [5.74, 6) is 0.564. The van der Waals surface area contributed by atoms with Crippen LogP contribution in [0.4, 0.5) is 0 Å². The van der Waals surface area contributed by atoms with Crippen LogP contribution in [0.5, 0.6) is 0 Å². The SMILES string of the molecule is C[NH+](CC(=O)N1CCC[C@H](c2nc3ccccc3s2)C1)Cc1ccccc1Cl. The van der Waals surface area contributed by atoms with Crippen LogP contribution < -0.4 is 4.90 Å². The lowest BCUT2D eigenvalue weighted by molar-refractivity contribution is -0.885. The molecule has 1 fully saturated rings. The maximum absolute atomic E-state index is 12.9. The van der Waals surface area contributed by atoms with Gasteiger partial charge in [-0.1, -0.05) is 41.9 Å². The molecule has 4 rings (SSSR count). The van der Waals surface area contributed by atoms with Crippen molar-refractivity contribution in [2.24, 2.45) is 0 Å². The zero-order valence-corrected chi connectivity index (χ0v) is 17.6. The summed E-state index contributed by atoms with van der Waals surface area (Å²) >= 11 is 8.03. The number of halogens is 1. The molecule has 3 aromatic rings. The Hall–Kier alpha value is -1.95. The van der Waals surface area contributed by atoms with Crippen LogP contribution in [0.15, 0.2) is 48.5 Å². The number of thiazole rings is 1. The first-order valence-corrected chi connectivity index (χ1v) is 11.0. The molecule has 28 heavy (non-hydrogen) atoms. The second-order valence-electron chi connectivity index (χ2n) is 7.60. The van der Waals surface area contributed by atoms with Gasteiger partial charge in [0.2, 0.25) is 0 Å². The van der Waals surface area contributed by atoms with E-state index in [4.69, 9.17) is 16.6 Å². The fourth-order valence-electron chi connectivity index (χ4n) is 3.87. The van der Waals surface area contributed by atoms with E-state index in [9.17, 15) is 4.79 Å². The fourth-order valence-corrected chi connectivity index (χ4v) is 5.17. The summed E-state index contributed by atoms with van der Waals surface area (Å²) in [7, 11) is 2.05. The first-order valence-electron chi connectivity index (χ1n) is 9.78. The molecule has 4 nitrogen and oxygen atoms in total. The molecule has 0 radical (unpaired) electrons. The van der Waals surface area contributed by atoms with Crippen molar-refractivity contribution in [2.75, 3.05) is 26.7 Å². The second kappa shape index (κ2) is 8.60. The number of nitrogens with zero attached hydrogens (tertiary/aromatic N) is 2. The van der Waals surface area contributed by atoms with Gasteiger partial charge >= 0.3 is 0 Å². The lowest BCUT2D eigenvalue weighted by atomic mass is 9.98. The number of aromatic nitrogens is 1. The van der Waals surface area contributed by atoms with Crippen molar-refractivity contribution in [1.29, 1.82) is 0 Å². The molecule has 1 aliphatic heterocycles. The number of hydrogen-bond donors (Lipinski definition) is 1. The molecule has 146 valence electrons. The Morgan fingerprint density at radius 3 is 2.86 bits per heavy atom. The van der Waals surface area contributed by atoms with Crippen molar-refractivity contribution in [3.05, 3.63) is 64.1 Å². The first kappa shape index (κ1) is 19.4. The van der Waals surface area contributed by atoms with Crippen molar-refractivity contribution < 1.29 is 9.69 Å². The van der Waals surface area contributed by atoms with Gasteiger partial charge < -0.3 is 9.80 Å². The summed E-state index contributed by atoms with van der Waals surface area (Å²) in [6.45, 7) is 2.86. The molecule has 2 atom stereocenters. The highest BCUT2D eigenvalue weighted by atomic mass is 35.5. The molecule has 0 aliphatic carbocycles. The smallest absolute Gasteiger partial charge is 0.277 e. The van der Waals surface area contributed by atoms with Gasteiger partial charge in [-0.2, -0.15) is 0 Å². The number of likely N-dealkylation sites (N-methyl/N-ethyl adjacent to an activating group) is 1. The molecule has 0 saturated carbocycles.